The van der Waals surface area contributed by atoms with Gasteiger partial charge in [0.1, 0.15) is 5.76 Å². The summed E-state index contributed by atoms with van der Waals surface area (Å²) in [6.45, 7) is 14.8. The molecule has 0 spiro atoms. The van der Waals surface area contributed by atoms with Gasteiger partial charge in [-0.2, -0.15) is 0 Å². The smallest absolute Gasteiger partial charge is 0.191 e. The number of hydrogen-bond donors (Lipinski definition) is 2. The molecule has 148 valence electrons. The fourth-order valence-corrected chi connectivity index (χ4v) is 3.41. The first-order valence-corrected chi connectivity index (χ1v) is 10.4. The second-order valence-corrected chi connectivity index (χ2v) is 7.24. The van der Waals surface area contributed by atoms with Gasteiger partial charge in [0.15, 0.2) is 5.96 Å². The molecule has 0 unspecified atom stereocenters. The Hall–Kier alpha value is -1.56. The molecule has 0 saturated carbocycles. The van der Waals surface area contributed by atoms with E-state index in [1.807, 2.05) is 0 Å². The van der Waals surface area contributed by atoms with Crippen LogP contribution in [0, 0.1) is 5.92 Å². The van der Waals surface area contributed by atoms with Gasteiger partial charge in [-0.25, -0.2) is 4.99 Å². The standard InChI is InChI=1S/C20H37N5O/c1-5-18-17(19(6-2)26-24-18)15-23-20(21-7-3)22-11-8-12-25-13-9-16(4)10-14-25/h16H,5-15H2,1-4H3,(H2,21,22,23). The van der Waals surface area contributed by atoms with Gasteiger partial charge in [0.05, 0.1) is 12.2 Å². The first-order chi connectivity index (χ1) is 12.7. The predicted molar refractivity (Wildman–Crippen MR) is 108 cm³/mol. The lowest BCUT2D eigenvalue weighted by Gasteiger charge is -2.30. The zero-order chi connectivity index (χ0) is 18.8. The Morgan fingerprint density at radius 1 is 1.19 bits per heavy atom. The second-order valence-electron chi connectivity index (χ2n) is 7.24. The maximum absolute atomic E-state index is 5.44. The van der Waals surface area contributed by atoms with Crippen LogP contribution in [0.3, 0.4) is 0 Å². The van der Waals surface area contributed by atoms with Crippen LogP contribution in [-0.2, 0) is 19.4 Å². The van der Waals surface area contributed by atoms with Crippen molar-refractivity contribution >= 4 is 5.96 Å². The average molecular weight is 364 g/mol. The molecule has 1 fully saturated rings. The molecule has 1 saturated heterocycles. The Labute approximate surface area is 158 Å². The first-order valence-electron chi connectivity index (χ1n) is 10.4. The van der Waals surface area contributed by atoms with E-state index in [1.165, 1.54) is 32.5 Å². The minimum Gasteiger partial charge on any atom is -0.361 e. The van der Waals surface area contributed by atoms with E-state index in [0.717, 1.165) is 61.2 Å². The van der Waals surface area contributed by atoms with Crippen LogP contribution in [0.25, 0.3) is 0 Å². The first kappa shape index (κ1) is 20.7. The number of guanidine groups is 1. The Balaban J connectivity index is 1.80. The Morgan fingerprint density at radius 3 is 2.62 bits per heavy atom. The summed E-state index contributed by atoms with van der Waals surface area (Å²) in [4.78, 5) is 7.34. The minimum atomic E-state index is 0.620. The molecule has 0 atom stereocenters. The van der Waals surface area contributed by atoms with E-state index in [9.17, 15) is 0 Å². The van der Waals surface area contributed by atoms with Crippen LogP contribution in [0.2, 0.25) is 0 Å². The minimum absolute atomic E-state index is 0.620. The van der Waals surface area contributed by atoms with Crippen molar-refractivity contribution in [3.63, 3.8) is 0 Å². The average Bonchev–Trinajstić information content (AvgIpc) is 3.06. The molecule has 0 bridgehead atoms. The summed E-state index contributed by atoms with van der Waals surface area (Å²) in [7, 11) is 0. The molecule has 2 heterocycles. The zero-order valence-electron chi connectivity index (χ0n) is 17.1. The van der Waals surface area contributed by atoms with Crippen molar-refractivity contribution in [3.05, 3.63) is 17.0 Å². The number of piperidine rings is 1. The van der Waals surface area contributed by atoms with Crippen LogP contribution in [-0.4, -0.2) is 48.7 Å². The van der Waals surface area contributed by atoms with Gasteiger partial charge in [0, 0.05) is 25.1 Å². The molecule has 26 heavy (non-hydrogen) atoms. The molecule has 2 rings (SSSR count). The molecule has 1 aliphatic rings. The summed E-state index contributed by atoms with van der Waals surface area (Å²) in [5.41, 5.74) is 2.18. The van der Waals surface area contributed by atoms with Gasteiger partial charge >= 0.3 is 0 Å². The fraction of sp³-hybridized carbons (Fsp3) is 0.800. The lowest BCUT2D eigenvalue weighted by molar-refractivity contribution is 0.191. The van der Waals surface area contributed by atoms with Crippen LogP contribution >= 0.6 is 0 Å². The number of aromatic nitrogens is 1. The Bertz CT molecular complexity index is 525. The van der Waals surface area contributed by atoms with Gasteiger partial charge in [-0.15, -0.1) is 0 Å². The van der Waals surface area contributed by atoms with Crippen molar-refractivity contribution < 1.29 is 4.52 Å². The van der Waals surface area contributed by atoms with Gasteiger partial charge in [-0.1, -0.05) is 25.9 Å². The van der Waals surface area contributed by atoms with Crippen molar-refractivity contribution in [3.8, 4) is 0 Å². The largest absolute Gasteiger partial charge is 0.361 e. The molecule has 0 amide bonds. The quantitative estimate of drug-likeness (QED) is 0.401. The summed E-state index contributed by atoms with van der Waals surface area (Å²) in [5.74, 6) is 2.74. The normalized spacial score (nSPS) is 16.8. The van der Waals surface area contributed by atoms with E-state index < -0.39 is 0 Å². The van der Waals surface area contributed by atoms with Crippen molar-refractivity contribution in [2.45, 2.75) is 66.3 Å². The molecule has 1 aliphatic heterocycles. The molecule has 2 N–H and O–H groups in total. The maximum Gasteiger partial charge on any atom is 0.191 e. The lowest BCUT2D eigenvalue weighted by Crippen LogP contribution is -2.39. The monoisotopic (exact) mass is 363 g/mol. The third-order valence-electron chi connectivity index (χ3n) is 5.17. The Morgan fingerprint density at radius 2 is 1.96 bits per heavy atom. The topological polar surface area (TPSA) is 65.7 Å². The molecule has 0 aliphatic carbocycles. The van der Waals surface area contributed by atoms with Gasteiger partial charge in [-0.3, -0.25) is 0 Å². The molecule has 0 radical (unpaired) electrons. The third-order valence-corrected chi connectivity index (χ3v) is 5.17. The molecular weight excluding hydrogens is 326 g/mol. The Kier molecular flexibility index (Phi) is 8.95. The van der Waals surface area contributed by atoms with Gasteiger partial charge < -0.3 is 20.1 Å². The van der Waals surface area contributed by atoms with E-state index in [4.69, 9.17) is 9.52 Å². The molecule has 6 heteroatoms. The maximum atomic E-state index is 5.44. The number of hydrogen-bond acceptors (Lipinski definition) is 4. The highest BCUT2D eigenvalue weighted by atomic mass is 16.5. The molecular formula is C20H37N5O. The highest BCUT2D eigenvalue weighted by Gasteiger charge is 2.15. The van der Waals surface area contributed by atoms with Crippen LogP contribution in [0.5, 0.6) is 0 Å². The van der Waals surface area contributed by atoms with Gasteiger partial charge in [0.25, 0.3) is 0 Å². The summed E-state index contributed by atoms with van der Waals surface area (Å²) < 4.78 is 5.44. The summed E-state index contributed by atoms with van der Waals surface area (Å²) in [6, 6.07) is 0. The number of rotatable bonds is 9. The van der Waals surface area contributed by atoms with Crippen molar-refractivity contribution in [1.82, 2.24) is 20.7 Å². The number of aliphatic imine (C=N–C) groups is 1. The second kappa shape index (κ2) is 11.2. The number of likely N-dealkylation sites (tertiary alicyclic amines) is 1. The zero-order valence-corrected chi connectivity index (χ0v) is 17.1. The van der Waals surface area contributed by atoms with Gasteiger partial charge in [-0.05, 0) is 58.2 Å². The van der Waals surface area contributed by atoms with Crippen molar-refractivity contribution in [2.24, 2.45) is 10.9 Å². The van der Waals surface area contributed by atoms with E-state index in [1.54, 1.807) is 0 Å². The van der Waals surface area contributed by atoms with E-state index in [-0.39, 0.29) is 0 Å². The van der Waals surface area contributed by atoms with Gasteiger partial charge in [0.2, 0.25) is 0 Å². The van der Waals surface area contributed by atoms with E-state index in [2.05, 4.69) is 48.4 Å². The lowest BCUT2D eigenvalue weighted by atomic mass is 9.99. The van der Waals surface area contributed by atoms with E-state index in [0.29, 0.717) is 6.54 Å². The van der Waals surface area contributed by atoms with Crippen molar-refractivity contribution in [1.29, 1.82) is 0 Å². The van der Waals surface area contributed by atoms with E-state index >= 15 is 0 Å². The predicted octanol–water partition coefficient (Wildman–Crippen LogP) is 2.98. The van der Waals surface area contributed by atoms with Crippen LogP contribution in [0.1, 0.15) is 64.0 Å². The fourth-order valence-electron chi connectivity index (χ4n) is 3.41. The molecule has 1 aromatic rings. The third kappa shape index (κ3) is 6.31. The molecule has 0 aromatic carbocycles. The SMILES string of the molecule is CCNC(=NCc1c(CC)noc1CC)NCCCN1CCC(C)CC1. The summed E-state index contributed by atoms with van der Waals surface area (Å²) in [6.07, 6.45) is 5.57. The molecule has 1 aromatic heterocycles. The highest BCUT2D eigenvalue weighted by molar-refractivity contribution is 5.79. The summed E-state index contributed by atoms with van der Waals surface area (Å²) >= 11 is 0. The van der Waals surface area contributed by atoms with Crippen LogP contribution in [0.15, 0.2) is 9.52 Å². The van der Waals surface area contributed by atoms with Crippen LogP contribution < -0.4 is 10.6 Å². The summed E-state index contributed by atoms with van der Waals surface area (Å²) in [5, 5.41) is 11.0. The number of aryl methyl sites for hydroxylation is 2. The highest BCUT2D eigenvalue weighted by Crippen LogP contribution is 2.17. The van der Waals surface area contributed by atoms with Crippen LogP contribution in [0.4, 0.5) is 0 Å². The molecule has 6 nitrogen and oxygen atoms in total. The number of nitrogens with zero attached hydrogens (tertiary/aromatic N) is 3. The number of nitrogens with one attached hydrogen (secondary N) is 2. The van der Waals surface area contributed by atoms with Crippen molar-refractivity contribution in [2.75, 3.05) is 32.7 Å².